The standard InChI is InChI=1S/C21H21N3O5/c1-27-17-9-8-15(10-19(17)28-2)18-11-16(24-29-18)12-22-20(25)13-23-21(26)14-6-4-3-5-7-14/h3-11H,12-13H2,1-2H3,(H,22,25)(H,23,26). The number of rotatable bonds is 8. The van der Waals surface area contributed by atoms with E-state index >= 15 is 0 Å². The molecule has 2 aromatic carbocycles. The maximum Gasteiger partial charge on any atom is 0.251 e. The molecular formula is C21H21N3O5. The summed E-state index contributed by atoms with van der Waals surface area (Å²) in [6, 6.07) is 15.8. The first-order valence-corrected chi connectivity index (χ1v) is 8.88. The third kappa shape index (κ3) is 5.13. The van der Waals surface area contributed by atoms with Crippen LogP contribution in [0.1, 0.15) is 16.1 Å². The van der Waals surface area contributed by atoms with Crippen LogP contribution in [0, 0.1) is 0 Å². The number of amides is 2. The Morgan fingerprint density at radius 2 is 1.72 bits per heavy atom. The van der Waals surface area contributed by atoms with Gasteiger partial charge in [-0.1, -0.05) is 23.4 Å². The first-order chi connectivity index (χ1) is 14.1. The number of hydrogen-bond acceptors (Lipinski definition) is 6. The van der Waals surface area contributed by atoms with Crippen LogP contribution in [0.2, 0.25) is 0 Å². The summed E-state index contributed by atoms with van der Waals surface area (Å²) in [5.74, 6) is 1.08. The van der Waals surface area contributed by atoms with Crippen molar-refractivity contribution in [2.24, 2.45) is 0 Å². The average Bonchev–Trinajstić information content (AvgIpc) is 3.25. The zero-order valence-corrected chi connectivity index (χ0v) is 16.1. The van der Waals surface area contributed by atoms with E-state index in [1.54, 1.807) is 56.7 Å². The smallest absolute Gasteiger partial charge is 0.251 e. The Hall–Kier alpha value is -3.81. The van der Waals surface area contributed by atoms with Crippen molar-refractivity contribution in [2.45, 2.75) is 6.54 Å². The maximum absolute atomic E-state index is 12.0. The average molecular weight is 395 g/mol. The van der Waals surface area contributed by atoms with E-state index < -0.39 is 0 Å². The number of hydrogen-bond donors (Lipinski definition) is 2. The molecule has 2 amide bonds. The van der Waals surface area contributed by atoms with Gasteiger partial charge in [-0.05, 0) is 30.3 Å². The van der Waals surface area contributed by atoms with Gasteiger partial charge in [0.15, 0.2) is 17.3 Å². The molecule has 8 nitrogen and oxygen atoms in total. The predicted molar refractivity (Wildman–Crippen MR) is 106 cm³/mol. The van der Waals surface area contributed by atoms with E-state index in [4.69, 9.17) is 14.0 Å². The molecule has 1 heterocycles. The highest BCUT2D eigenvalue weighted by molar-refractivity contribution is 5.96. The van der Waals surface area contributed by atoms with Gasteiger partial charge in [0.2, 0.25) is 5.91 Å². The fourth-order valence-corrected chi connectivity index (χ4v) is 2.62. The van der Waals surface area contributed by atoms with Gasteiger partial charge < -0.3 is 24.6 Å². The first-order valence-electron chi connectivity index (χ1n) is 8.88. The van der Waals surface area contributed by atoms with Crippen molar-refractivity contribution in [2.75, 3.05) is 20.8 Å². The number of nitrogens with zero attached hydrogens (tertiary/aromatic N) is 1. The van der Waals surface area contributed by atoms with E-state index in [0.717, 1.165) is 5.56 Å². The van der Waals surface area contributed by atoms with Crippen LogP contribution in [0.3, 0.4) is 0 Å². The molecule has 0 spiro atoms. The molecular weight excluding hydrogens is 374 g/mol. The minimum atomic E-state index is -0.329. The molecule has 29 heavy (non-hydrogen) atoms. The molecule has 8 heteroatoms. The highest BCUT2D eigenvalue weighted by Gasteiger charge is 2.12. The highest BCUT2D eigenvalue weighted by atomic mass is 16.5. The summed E-state index contributed by atoms with van der Waals surface area (Å²) >= 11 is 0. The van der Waals surface area contributed by atoms with Gasteiger partial charge in [0.05, 0.1) is 27.3 Å². The molecule has 0 saturated carbocycles. The summed E-state index contributed by atoms with van der Waals surface area (Å²) < 4.78 is 15.8. The number of nitrogens with one attached hydrogen (secondary N) is 2. The van der Waals surface area contributed by atoms with Crippen molar-refractivity contribution in [1.82, 2.24) is 15.8 Å². The van der Waals surface area contributed by atoms with Crippen LogP contribution >= 0.6 is 0 Å². The third-order valence-electron chi connectivity index (χ3n) is 4.14. The second-order valence-electron chi connectivity index (χ2n) is 6.08. The minimum absolute atomic E-state index is 0.131. The van der Waals surface area contributed by atoms with Crippen molar-refractivity contribution >= 4 is 11.8 Å². The molecule has 150 valence electrons. The summed E-state index contributed by atoms with van der Waals surface area (Å²) in [5.41, 5.74) is 1.82. The van der Waals surface area contributed by atoms with Gasteiger partial charge in [-0.3, -0.25) is 9.59 Å². The Labute approximate surface area is 167 Å². The highest BCUT2D eigenvalue weighted by Crippen LogP contribution is 2.32. The van der Waals surface area contributed by atoms with Crippen LogP contribution in [0.4, 0.5) is 0 Å². The second-order valence-corrected chi connectivity index (χ2v) is 6.08. The van der Waals surface area contributed by atoms with Gasteiger partial charge in [0, 0.05) is 17.2 Å². The Bertz CT molecular complexity index is 985. The lowest BCUT2D eigenvalue weighted by molar-refractivity contribution is -0.120. The number of benzene rings is 2. The SMILES string of the molecule is COc1ccc(-c2cc(CNC(=O)CNC(=O)c3ccccc3)no2)cc1OC. The van der Waals surface area contributed by atoms with Crippen LogP contribution in [0.15, 0.2) is 59.1 Å². The van der Waals surface area contributed by atoms with E-state index in [9.17, 15) is 9.59 Å². The van der Waals surface area contributed by atoms with Crippen molar-refractivity contribution in [3.05, 3.63) is 65.9 Å². The van der Waals surface area contributed by atoms with Crippen molar-refractivity contribution < 1.29 is 23.6 Å². The molecule has 0 unspecified atom stereocenters. The van der Waals surface area contributed by atoms with Crippen LogP contribution < -0.4 is 20.1 Å². The molecule has 3 aromatic rings. The summed E-state index contributed by atoms with van der Waals surface area (Å²) in [6.45, 7) is 0.0466. The second kappa shape index (κ2) is 9.41. The molecule has 2 N–H and O–H groups in total. The van der Waals surface area contributed by atoms with Crippen molar-refractivity contribution in [3.8, 4) is 22.8 Å². The zero-order valence-electron chi connectivity index (χ0n) is 16.1. The number of methoxy groups -OCH3 is 2. The first kappa shape index (κ1) is 19.9. The van der Waals surface area contributed by atoms with Crippen LogP contribution in [0.25, 0.3) is 11.3 Å². The molecule has 0 fully saturated rings. The van der Waals surface area contributed by atoms with Crippen molar-refractivity contribution in [1.29, 1.82) is 0 Å². The lowest BCUT2D eigenvalue weighted by Crippen LogP contribution is -2.36. The van der Waals surface area contributed by atoms with Gasteiger partial charge in [-0.2, -0.15) is 0 Å². The molecule has 1 aromatic heterocycles. The summed E-state index contributed by atoms with van der Waals surface area (Å²) in [4.78, 5) is 23.9. The van der Waals surface area contributed by atoms with Gasteiger partial charge in [0.1, 0.15) is 5.69 Å². The summed E-state index contributed by atoms with van der Waals surface area (Å²) in [7, 11) is 3.12. The third-order valence-corrected chi connectivity index (χ3v) is 4.14. The lowest BCUT2D eigenvalue weighted by Gasteiger charge is -2.07. The Kier molecular flexibility index (Phi) is 6.47. The fourth-order valence-electron chi connectivity index (χ4n) is 2.62. The van der Waals surface area contributed by atoms with E-state index in [1.807, 2.05) is 12.1 Å². The molecule has 0 atom stereocenters. The summed E-state index contributed by atoms with van der Waals surface area (Å²) in [6.07, 6.45) is 0. The fraction of sp³-hybridized carbons (Fsp3) is 0.190. The number of carbonyl (C=O) groups excluding carboxylic acids is 2. The van der Waals surface area contributed by atoms with Crippen LogP contribution in [0.5, 0.6) is 11.5 Å². The van der Waals surface area contributed by atoms with E-state index in [-0.39, 0.29) is 24.9 Å². The molecule has 0 bridgehead atoms. The van der Waals surface area contributed by atoms with Crippen LogP contribution in [-0.4, -0.2) is 37.7 Å². The van der Waals surface area contributed by atoms with Gasteiger partial charge in [-0.15, -0.1) is 0 Å². The van der Waals surface area contributed by atoms with Crippen LogP contribution in [-0.2, 0) is 11.3 Å². The molecule has 0 radical (unpaired) electrons. The molecule has 0 aliphatic rings. The quantitative estimate of drug-likeness (QED) is 0.607. The Balaban J connectivity index is 1.52. The number of aromatic nitrogens is 1. The van der Waals surface area contributed by atoms with E-state index in [1.165, 1.54) is 0 Å². The molecule has 3 rings (SSSR count). The van der Waals surface area contributed by atoms with Gasteiger partial charge in [-0.25, -0.2) is 0 Å². The predicted octanol–water partition coefficient (Wildman–Crippen LogP) is 2.41. The molecule has 0 aliphatic carbocycles. The Morgan fingerprint density at radius 1 is 0.966 bits per heavy atom. The zero-order chi connectivity index (χ0) is 20.6. The molecule has 0 aliphatic heterocycles. The number of ether oxygens (including phenoxy) is 2. The lowest BCUT2D eigenvalue weighted by atomic mass is 10.1. The topological polar surface area (TPSA) is 103 Å². The monoisotopic (exact) mass is 395 g/mol. The summed E-state index contributed by atoms with van der Waals surface area (Å²) in [5, 5.41) is 9.22. The molecule has 0 saturated heterocycles. The largest absolute Gasteiger partial charge is 0.493 e. The van der Waals surface area contributed by atoms with Gasteiger partial charge >= 0.3 is 0 Å². The van der Waals surface area contributed by atoms with Crippen molar-refractivity contribution in [3.63, 3.8) is 0 Å². The number of carbonyl (C=O) groups is 2. The Morgan fingerprint density at radius 3 is 2.45 bits per heavy atom. The van der Waals surface area contributed by atoms with E-state index in [2.05, 4.69) is 15.8 Å². The normalized spacial score (nSPS) is 10.3. The minimum Gasteiger partial charge on any atom is -0.493 e. The van der Waals surface area contributed by atoms with E-state index in [0.29, 0.717) is 28.5 Å². The maximum atomic E-state index is 12.0. The van der Waals surface area contributed by atoms with Gasteiger partial charge in [0.25, 0.3) is 5.91 Å².